The second-order valence-corrected chi connectivity index (χ2v) is 5.66. The molecule has 0 amide bonds. The van der Waals surface area contributed by atoms with Gasteiger partial charge in [0.2, 0.25) is 0 Å². The number of unbranched alkanes of at least 4 members (excludes halogenated alkanes) is 1. The van der Waals surface area contributed by atoms with Crippen LogP contribution < -0.4 is 10.1 Å². The van der Waals surface area contributed by atoms with Crippen molar-refractivity contribution < 1.29 is 14.6 Å². The fourth-order valence-corrected chi connectivity index (χ4v) is 2.07. The number of carbonyl (C=O) groups is 1. The summed E-state index contributed by atoms with van der Waals surface area (Å²) < 4.78 is 5.57. The number of benzene rings is 1. The number of ether oxygens (including phenoxy) is 1. The van der Waals surface area contributed by atoms with E-state index in [0.29, 0.717) is 38.3 Å². The number of carboxylic acids is 1. The highest BCUT2D eigenvalue weighted by Gasteiger charge is 2.17. The van der Waals surface area contributed by atoms with Crippen LogP contribution in [0.5, 0.6) is 5.75 Å². The quantitative estimate of drug-likeness (QED) is 0.649. The maximum Gasteiger partial charge on any atom is 0.320 e. The fraction of sp³-hybridized carbons (Fsp3) is 0.529. The standard InChI is InChI=1S/C17H24N2O3/c1-13(2)10-16(17(20)21)19-12-14-6-5-7-15(11-14)22-9-4-3-8-18/h5-7,11,13,16,19H,3-4,9-10,12H2,1-2H3,(H,20,21)/t16-/m0/s1. The highest BCUT2D eigenvalue weighted by Crippen LogP contribution is 2.14. The normalized spacial score (nSPS) is 11.9. The number of nitriles is 1. The Morgan fingerprint density at radius 1 is 1.45 bits per heavy atom. The molecular formula is C17H24N2O3. The number of hydrogen-bond donors (Lipinski definition) is 2. The second kappa shape index (κ2) is 9.80. The SMILES string of the molecule is CC(C)C[C@H](NCc1cccc(OCCCC#N)c1)C(=O)O. The highest BCUT2D eigenvalue weighted by atomic mass is 16.5. The van der Waals surface area contributed by atoms with E-state index in [1.807, 2.05) is 38.1 Å². The van der Waals surface area contributed by atoms with Crippen LogP contribution in [-0.4, -0.2) is 23.7 Å². The molecule has 0 fully saturated rings. The van der Waals surface area contributed by atoms with Crippen molar-refractivity contribution in [2.45, 2.75) is 45.7 Å². The Bertz CT molecular complexity index is 509. The van der Waals surface area contributed by atoms with Gasteiger partial charge in [-0.2, -0.15) is 5.26 Å². The fourth-order valence-electron chi connectivity index (χ4n) is 2.07. The molecule has 5 nitrogen and oxygen atoms in total. The molecular weight excluding hydrogens is 280 g/mol. The average molecular weight is 304 g/mol. The van der Waals surface area contributed by atoms with Crippen LogP contribution in [0.15, 0.2) is 24.3 Å². The summed E-state index contributed by atoms with van der Waals surface area (Å²) in [6, 6.07) is 9.11. The monoisotopic (exact) mass is 304 g/mol. The van der Waals surface area contributed by atoms with Crippen LogP contribution >= 0.6 is 0 Å². The number of hydrogen-bond acceptors (Lipinski definition) is 4. The summed E-state index contributed by atoms with van der Waals surface area (Å²) in [7, 11) is 0. The van der Waals surface area contributed by atoms with Gasteiger partial charge in [0.05, 0.1) is 12.7 Å². The van der Waals surface area contributed by atoms with Gasteiger partial charge in [-0.05, 0) is 36.5 Å². The summed E-state index contributed by atoms with van der Waals surface area (Å²) >= 11 is 0. The first-order valence-corrected chi connectivity index (χ1v) is 7.57. The molecule has 0 saturated heterocycles. The number of nitrogens with one attached hydrogen (secondary N) is 1. The van der Waals surface area contributed by atoms with Crippen molar-refractivity contribution in [1.29, 1.82) is 5.26 Å². The third kappa shape index (κ3) is 7.09. The van der Waals surface area contributed by atoms with Gasteiger partial charge in [0.25, 0.3) is 0 Å². The van der Waals surface area contributed by atoms with Crippen molar-refractivity contribution in [3.05, 3.63) is 29.8 Å². The molecule has 0 aliphatic heterocycles. The summed E-state index contributed by atoms with van der Waals surface area (Å²) in [5, 5.41) is 20.8. The van der Waals surface area contributed by atoms with Crippen LogP contribution in [0, 0.1) is 17.2 Å². The summed E-state index contributed by atoms with van der Waals surface area (Å²) in [4.78, 5) is 11.2. The summed E-state index contributed by atoms with van der Waals surface area (Å²) in [5.41, 5.74) is 0.979. The minimum absolute atomic E-state index is 0.323. The van der Waals surface area contributed by atoms with E-state index in [1.165, 1.54) is 0 Å². The van der Waals surface area contributed by atoms with Gasteiger partial charge in [0, 0.05) is 13.0 Å². The van der Waals surface area contributed by atoms with Crippen molar-refractivity contribution >= 4 is 5.97 Å². The van der Waals surface area contributed by atoms with E-state index in [0.717, 1.165) is 11.3 Å². The van der Waals surface area contributed by atoms with Gasteiger partial charge < -0.3 is 15.2 Å². The van der Waals surface area contributed by atoms with Gasteiger partial charge in [-0.25, -0.2) is 0 Å². The molecule has 0 bridgehead atoms. The maximum absolute atomic E-state index is 11.2. The van der Waals surface area contributed by atoms with Gasteiger partial charge in [-0.15, -0.1) is 0 Å². The molecule has 0 heterocycles. The highest BCUT2D eigenvalue weighted by molar-refractivity contribution is 5.73. The molecule has 0 spiro atoms. The Hall–Kier alpha value is -2.06. The largest absolute Gasteiger partial charge is 0.494 e. The lowest BCUT2D eigenvalue weighted by Gasteiger charge is -2.16. The van der Waals surface area contributed by atoms with E-state index in [4.69, 9.17) is 10.00 Å². The van der Waals surface area contributed by atoms with Crippen molar-refractivity contribution in [2.75, 3.05) is 6.61 Å². The van der Waals surface area contributed by atoms with Gasteiger partial charge in [-0.3, -0.25) is 4.79 Å². The molecule has 0 aliphatic rings. The third-order valence-electron chi connectivity index (χ3n) is 3.16. The van der Waals surface area contributed by atoms with E-state index >= 15 is 0 Å². The minimum atomic E-state index is -0.822. The van der Waals surface area contributed by atoms with Crippen LogP contribution in [0.3, 0.4) is 0 Å². The van der Waals surface area contributed by atoms with Crippen molar-refractivity contribution in [3.63, 3.8) is 0 Å². The van der Waals surface area contributed by atoms with E-state index in [1.54, 1.807) is 0 Å². The van der Waals surface area contributed by atoms with E-state index in [9.17, 15) is 9.90 Å². The topological polar surface area (TPSA) is 82.3 Å². The smallest absolute Gasteiger partial charge is 0.320 e. The first kappa shape index (κ1) is 18.0. The molecule has 5 heteroatoms. The minimum Gasteiger partial charge on any atom is -0.494 e. The Morgan fingerprint density at radius 3 is 2.86 bits per heavy atom. The number of carboxylic acid groups (broad SMARTS) is 1. The first-order chi connectivity index (χ1) is 10.5. The number of nitrogens with zero attached hydrogens (tertiary/aromatic N) is 1. The van der Waals surface area contributed by atoms with Gasteiger partial charge in [0.1, 0.15) is 11.8 Å². The maximum atomic E-state index is 11.2. The van der Waals surface area contributed by atoms with Crippen molar-refractivity contribution in [3.8, 4) is 11.8 Å². The average Bonchev–Trinajstić information content (AvgIpc) is 2.48. The molecule has 120 valence electrons. The number of aliphatic carboxylic acids is 1. The first-order valence-electron chi connectivity index (χ1n) is 7.57. The lowest BCUT2D eigenvalue weighted by atomic mass is 10.0. The Kier molecular flexibility index (Phi) is 8.01. The summed E-state index contributed by atoms with van der Waals surface area (Å²) in [6.45, 7) is 5.01. The van der Waals surface area contributed by atoms with Crippen molar-refractivity contribution in [1.82, 2.24) is 5.32 Å². The van der Waals surface area contributed by atoms with Crippen molar-refractivity contribution in [2.24, 2.45) is 5.92 Å². The molecule has 1 aromatic carbocycles. The van der Waals surface area contributed by atoms with E-state index in [-0.39, 0.29) is 0 Å². The molecule has 0 aromatic heterocycles. The van der Waals surface area contributed by atoms with Crippen LogP contribution in [-0.2, 0) is 11.3 Å². The molecule has 0 aliphatic carbocycles. The Balaban J connectivity index is 2.51. The third-order valence-corrected chi connectivity index (χ3v) is 3.16. The predicted octanol–water partition coefficient (Wildman–Crippen LogP) is 2.96. The lowest BCUT2D eigenvalue weighted by Crippen LogP contribution is -2.37. The Labute approximate surface area is 131 Å². The molecule has 1 atom stereocenters. The second-order valence-electron chi connectivity index (χ2n) is 5.66. The zero-order valence-electron chi connectivity index (χ0n) is 13.2. The molecule has 22 heavy (non-hydrogen) atoms. The summed E-state index contributed by atoms with van der Waals surface area (Å²) in [5.74, 6) is 0.244. The molecule has 0 unspecified atom stereocenters. The molecule has 0 saturated carbocycles. The van der Waals surface area contributed by atoms with E-state index in [2.05, 4.69) is 11.4 Å². The predicted molar refractivity (Wildman–Crippen MR) is 84.5 cm³/mol. The van der Waals surface area contributed by atoms with Gasteiger partial charge >= 0.3 is 5.97 Å². The molecule has 2 N–H and O–H groups in total. The summed E-state index contributed by atoms with van der Waals surface area (Å²) in [6.07, 6.45) is 1.78. The Morgan fingerprint density at radius 2 is 2.23 bits per heavy atom. The lowest BCUT2D eigenvalue weighted by molar-refractivity contribution is -0.140. The van der Waals surface area contributed by atoms with Gasteiger partial charge in [-0.1, -0.05) is 26.0 Å². The van der Waals surface area contributed by atoms with E-state index < -0.39 is 12.0 Å². The van der Waals surface area contributed by atoms with Crippen LogP contribution in [0.2, 0.25) is 0 Å². The molecule has 1 aromatic rings. The zero-order chi connectivity index (χ0) is 16.4. The number of rotatable bonds is 10. The van der Waals surface area contributed by atoms with Gasteiger partial charge in [0.15, 0.2) is 0 Å². The molecule has 1 rings (SSSR count). The zero-order valence-corrected chi connectivity index (χ0v) is 13.2. The van der Waals surface area contributed by atoms with Crippen LogP contribution in [0.25, 0.3) is 0 Å². The van der Waals surface area contributed by atoms with Crippen LogP contribution in [0.1, 0.15) is 38.7 Å². The van der Waals surface area contributed by atoms with Crippen LogP contribution in [0.4, 0.5) is 0 Å². The molecule has 0 radical (unpaired) electrons.